The van der Waals surface area contributed by atoms with Crippen LogP contribution >= 0.6 is 0 Å². The summed E-state index contributed by atoms with van der Waals surface area (Å²) in [6.07, 6.45) is -3.01. The lowest BCUT2D eigenvalue weighted by Crippen LogP contribution is -2.19. The molecule has 0 amide bonds. The molecule has 1 aliphatic carbocycles. The molecule has 0 N–H and O–H groups in total. The molecule has 0 aromatic carbocycles. The summed E-state index contributed by atoms with van der Waals surface area (Å²) in [5.41, 5.74) is -1.85. The first-order valence-electron chi connectivity index (χ1n) is 5.95. The van der Waals surface area contributed by atoms with Crippen LogP contribution in [0.3, 0.4) is 0 Å². The van der Waals surface area contributed by atoms with Crippen molar-refractivity contribution >= 4 is 5.97 Å². The first kappa shape index (κ1) is 13.8. The number of aromatic nitrogens is 2. The van der Waals surface area contributed by atoms with Gasteiger partial charge in [-0.05, 0) is 19.3 Å². The molecule has 0 saturated heterocycles. The van der Waals surface area contributed by atoms with Crippen molar-refractivity contribution in [2.45, 2.75) is 32.4 Å². The highest BCUT2D eigenvalue weighted by Gasteiger charge is 2.42. The van der Waals surface area contributed by atoms with Crippen molar-refractivity contribution in [3.63, 3.8) is 0 Å². The van der Waals surface area contributed by atoms with Gasteiger partial charge in [-0.15, -0.1) is 0 Å². The Kier molecular flexibility index (Phi) is 3.47. The minimum absolute atomic E-state index is 0.00244. The lowest BCUT2D eigenvalue weighted by atomic mass is 10.2. The molecule has 0 aliphatic heterocycles. The van der Waals surface area contributed by atoms with Crippen LogP contribution in [0.2, 0.25) is 0 Å². The number of ether oxygens (including phenoxy) is 1. The average molecular weight is 274 g/mol. The molecule has 2 rings (SSSR count). The third kappa shape index (κ3) is 2.85. The first-order chi connectivity index (χ1) is 8.84. The number of nitrogens with zero attached hydrogens (tertiary/aromatic N) is 2. The minimum atomic E-state index is -4.70. The zero-order valence-corrected chi connectivity index (χ0v) is 10.5. The van der Waals surface area contributed by atoms with E-state index in [9.17, 15) is 18.0 Å². The van der Waals surface area contributed by atoms with Crippen LogP contribution in [0.25, 0.3) is 0 Å². The maximum atomic E-state index is 12.9. The molecule has 7 heteroatoms. The highest BCUT2D eigenvalue weighted by atomic mass is 19.4. The molecule has 0 spiro atoms. The second-order valence-corrected chi connectivity index (χ2v) is 4.53. The van der Waals surface area contributed by atoms with E-state index in [-0.39, 0.29) is 24.3 Å². The molecule has 1 saturated carbocycles. The summed E-state index contributed by atoms with van der Waals surface area (Å²) in [4.78, 5) is 18.9. The summed E-state index contributed by atoms with van der Waals surface area (Å²) in [6.45, 7) is 3.43. The number of carbonyl (C=O) groups is 1. The quantitative estimate of drug-likeness (QED) is 0.795. The first-order valence-corrected chi connectivity index (χ1v) is 5.95. The fraction of sp³-hybridized carbons (Fsp3) is 0.583. The summed E-state index contributed by atoms with van der Waals surface area (Å²) in [6, 6.07) is 0. The number of hydrogen-bond acceptors (Lipinski definition) is 4. The molecular weight excluding hydrogens is 261 g/mol. The summed E-state index contributed by atoms with van der Waals surface area (Å²) >= 11 is 0. The van der Waals surface area contributed by atoms with Gasteiger partial charge in [0.2, 0.25) is 0 Å². The zero-order chi connectivity index (χ0) is 14.2. The minimum Gasteiger partial charge on any atom is -0.462 e. The van der Waals surface area contributed by atoms with Crippen LogP contribution in [-0.2, 0) is 10.9 Å². The molecule has 1 aromatic heterocycles. The van der Waals surface area contributed by atoms with Crippen molar-refractivity contribution < 1.29 is 22.7 Å². The summed E-state index contributed by atoms with van der Waals surface area (Å²) < 4.78 is 43.3. The van der Waals surface area contributed by atoms with Gasteiger partial charge in [0, 0.05) is 12.1 Å². The van der Waals surface area contributed by atoms with E-state index in [2.05, 4.69) is 14.7 Å². The molecule has 1 aromatic rings. The van der Waals surface area contributed by atoms with Crippen LogP contribution in [0.15, 0.2) is 6.20 Å². The normalized spacial score (nSPS) is 22.2. The lowest BCUT2D eigenvalue weighted by molar-refractivity contribution is -0.142. The van der Waals surface area contributed by atoms with Gasteiger partial charge in [0.25, 0.3) is 0 Å². The van der Waals surface area contributed by atoms with Gasteiger partial charge in [0.05, 0.1) is 6.61 Å². The summed E-state index contributed by atoms with van der Waals surface area (Å²) in [7, 11) is 0. The second-order valence-electron chi connectivity index (χ2n) is 4.53. The predicted molar refractivity (Wildman–Crippen MR) is 59.5 cm³/mol. The van der Waals surface area contributed by atoms with E-state index < -0.39 is 23.4 Å². The SMILES string of the molecule is CCOC(=O)c1cnc(C2CC2C)nc1C(F)(F)F. The fourth-order valence-corrected chi connectivity index (χ4v) is 1.83. The summed E-state index contributed by atoms with van der Waals surface area (Å²) in [5, 5.41) is 0. The standard InChI is InChI=1S/C12H13F3N2O2/c1-3-19-11(18)8-5-16-10(7-4-6(7)2)17-9(8)12(13,14)15/h5-7H,3-4H2,1-2H3. The summed E-state index contributed by atoms with van der Waals surface area (Å²) in [5.74, 6) is -0.662. The van der Waals surface area contributed by atoms with Gasteiger partial charge in [-0.1, -0.05) is 6.92 Å². The maximum absolute atomic E-state index is 12.9. The Morgan fingerprint density at radius 2 is 2.16 bits per heavy atom. The zero-order valence-electron chi connectivity index (χ0n) is 10.5. The van der Waals surface area contributed by atoms with E-state index in [1.54, 1.807) is 0 Å². The highest BCUT2D eigenvalue weighted by Crippen LogP contribution is 2.46. The van der Waals surface area contributed by atoms with Crippen molar-refractivity contribution in [3.8, 4) is 0 Å². The molecule has 2 unspecified atom stereocenters. The molecule has 19 heavy (non-hydrogen) atoms. The van der Waals surface area contributed by atoms with E-state index in [1.165, 1.54) is 6.92 Å². The van der Waals surface area contributed by atoms with E-state index in [4.69, 9.17) is 0 Å². The van der Waals surface area contributed by atoms with Crippen LogP contribution in [0.5, 0.6) is 0 Å². The van der Waals surface area contributed by atoms with E-state index in [0.29, 0.717) is 0 Å². The lowest BCUT2D eigenvalue weighted by Gasteiger charge is -2.11. The van der Waals surface area contributed by atoms with Crippen LogP contribution < -0.4 is 0 Å². The number of halogens is 3. The van der Waals surface area contributed by atoms with Crippen LogP contribution in [0, 0.1) is 5.92 Å². The monoisotopic (exact) mass is 274 g/mol. The Hall–Kier alpha value is -1.66. The Labute approximate surface area is 108 Å². The number of carbonyl (C=O) groups excluding carboxylic acids is 1. The molecular formula is C12H13F3N2O2. The Morgan fingerprint density at radius 3 is 2.63 bits per heavy atom. The number of hydrogen-bond donors (Lipinski definition) is 0. The van der Waals surface area contributed by atoms with Gasteiger partial charge in [-0.2, -0.15) is 13.2 Å². The van der Waals surface area contributed by atoms with Gasteiger partial charge in [0.15, 0.2) is 5.69 Å². The fourth-order valence-electron chi connectivity index (χ4n) is 1.83. The highest BCUT2D eigenvalue weighted by molar-refractivity contribution is 5.90. The smallest absolute Gasteiger partial charge is 0.434 e. The van der Waals surface area contributed by atoms with E-state index >= 15 is 0 Å². The molecule has 1 aliphatic rings. The number of alkyl halides is 3. The van der Waals surface area contributed by atoms with E-state index in [1.807, 2.05) is 6.92 Å². The van der Waals surface area contributed by atoms with Crippen molar-refractivity contribution in [2.75, 3.05) is 6.61 Å². The largest absolute Gasteiger partial charge is 0.462 e. The van der Waals surface area contributed by atoms with Crippen molar-refractivity contribution in [2.24, 2.45) is 5.92 Å². The van der Waals surface area contributed by atoms with Gasteiger partial charge < -0.3 is 4.74 Å². The van der Waals surface area contributed by atoms with Crippen LogP contribution in [0.1, 0.15) is 48.1 Å². The topological polar surface area (TPSA) is 52.1 Å². The van der Waals surface area contributed by atoms with Crippen LogP contribution in [0.4, 0.5) is 13.2 Å². The van der Waals surface area contributed by atoms with Gasteiger partial charge >= 0.3 is 12.1 Å². The van der Waals surface area contributed by atoms with Crippen molar-refractivity contribution in [1.29, 1.82) is 0 Å². The molecule has 1 heterocycles. The Morgan fingerprint density at radius 1 is 1.53 bits per heavy atom. The third-order valence-corrected chi connectivity index (χ3v) is 3.01. The Bertz CT molecular complexity index is 502. The predicted octanol–water partition coefficient (Wildman–Crippen LogP) is 2.80. The van der Waals surface area contributed by atoms with Crippen LogP contribution in [-0.4, -0.2) is 22.5 Å². The molecule has 0 radical (unpaired) electrons. The van der Waals surface area contributed by atoms with E-state index in [0.717, 1.165) is 12.6 Å². The average Bonchev–Trinajstić information content (AvgIpc) is 3.05. The number of esters is 1. The van der Waals surface area contributed by atoms with Gasteiger partial charge in [-0.25, -0.2) is 14.8 Å². The Balaban J connectivity index is 2.40. The third-order valence-electron chi connectivity index (χ3n) is 3.01. The van der Waals surface area contributed by atoms with Gasteiger partial charge in [-0.3, -0.25) is 0 Å². The second kappa shape index (κ2) is 4.79. The van der Waals surface area contributed by atoms with Crippen molar-refractivity contribution in [1.82, 2.24) is 9.97 Å². The maximum Gasteiger partial charge on any atom is 0.434 e. The molecule has 0 bridgehead atoms. The molecule has 104 valence electrons. The molecule has 4 nitrogen and oxygen atoms in total. The van der Waals surface area contributed by atoms with Crippen molar-refractivity contribution in [3.05, 3.63) is 23.3 Å². The molecule has 2 atom stereocenters. The van der Waals surface area contributed by atoms with Gasteiger partial charge in [0.1, 0.15) is 11.4 Å². The number of rotatable bonds is 3. The molecule has 1 fully saturated rings.